The van der Waals surface area contributed by atoms with Gasteiger partial charge in [-0.3, -0.25) is 4.79 Å². The number of aliphatic carboxylic acids is 1. The van der Waals surface area contributed by atoms with Gasteiger partial charge in [-0.25, -0.2) is 4.79 Å². The molecule has 5 nitrogen and oxygen atoms in total. The fraction of sp³-hybridized carbons (Fsp3) is 0.833. The third-order valence-corrected chi connectivity index (χ3v) is 4.16. The molecule has 0 aromatic carbocycles. The molecule has 1 saturated heterocycles. The van der Waals surface area contributed by atoms with Gasteiger partial charge in [-0.15, -0.1) is 0 Å². The van der Waals surface area contributed by atoms with E-state index in [1.165, 1.54) is 0 Å². The molecule has 1 aliphatic carbocycles. The predicted octanol–water partition coefficient (Wildman–Crippen LogP) is 1.69. The van der Waals surface area contributed by atoms with Crippen LogP contribution in [-0.2, 0) is 4.79 Å². The summed E-state index contributed by atoms with van der Waals surface area (Å²) in [5, 5.41) is 11.5. The van der Waals surface area contributed by atoms with Gasteiger partial charge in [-0.05, 0) is 11.8 Å². The van der Waals surface area contributed by atoms with Gasteiger partial charge >= 0.3 is 18.2 Å². The number of likely N-dealkylation sites (tertiary alicyclic amines) is 1. The monoisotopic (exact) mass is 294 g/mol. The fourth-order valence-corrected chi connectivity index (χ4v) is 2.51. The van der Waals surface area contributed by atoms with E-state index in [1.807, 2.05) is 13.8 Å². The predicted molar refractivity (Wildman–Crippen MR) is 63.0 cm³/mol. The molecule has 1 heterocycles. The van der Waals surface area contributed by atoms with E-state index in [2.05, 4.69) is 5.32 Å². The minimum Gasteiger partial charge on any atom is -0.481 e. The second kappa shape index (κ2) is 4.53. The Morgan fingerprint density at radius 2 is 1.85 bits per heavy atom. The summed E-state index contributed by atoms with van der Waals surface area (Å²) in [6.07, 6.45) is -3.84. The van der Waals surface area contributed by atoms with Gasteiger partial charge in [0.15, 0.2) is 0 Å². The molecule has 114 valence electrons. The van der Waals surface area contributed by atoms with Crippen LogP contribution in [0.1, 0.15) is 20.3 Å². The Balaban J connectivity index is 2.01. The van der Waals surface area contributed by atoms with Crippen LogP contribution in [0, 0.1) is 17.3 Å². The number of carboxylic acid groups (broad SMARTS) is 1. The molecular formula is C12H17F3N2O3. The molecule has 1 unspecified atom stereocenters. The van der Waals surface area contributed by atoms with Gasteiger partial charge in [0.2, 0.25) is 0 Å². The molecule has 2 amide bonds. The largest absolute Gasteiger partial charge is 0.481 e. The van der Waals surface area contributed by atoms with Crippen LogP contribution in [0.3, 0.4) is 0 Å². The SMILES string of the molecule is CC1(C)CC1NC(=O)N1C[C@@H](C(F)(F)F)[C@H](C(=O)O)C1. The zero-order valence-electron chi connectivity index (χ0n) is 11.2. The van der Waals surface area contributed by atoms with Crippen LogP contribution in [0.4, 0.5) is 18.0 Å². The number of rotatable bonds is 2. The summed E-state index contributed by atoms with van der Waals surface area (Å²) in [6.45, 7) is 2.89. The summed E-state index contributed by atoms with van der Waals surface area (Å²) >= 11 is 0. The number of hydrogen-bond acceptors (Lipinski definition) is 2. The molecule has 0 aromatic heterocycles. The van der Waals surface area contributed by atoms with Crippen LogP contribution in [0.5, 0.6) is 0 Å². The van der Waals surface area contributed by atoms with Gasteiger partial charge in [0.05, 0.1) is 11.8 Å². The summed E-state index contributed by atoms with van der Waals surface area (Å²) in [5.74, 6) is -5.11. The second-order valence-electron chi connectivity index (χ2n) is 6.19. The molecule has 1 aliphatic heterocycles. The minimum absolute atomic E-state index is 0.0367. The highest BCUT2D eigenvalue weighted by Crippen LogP contribution is 2.45. The van der Waals surface area contributed by atoms with E-state index in [9.17, 15) is 22.8 Å². The normalized spacial score (nSPS) is 32.0. The third kappa shape index (κ3) is 2.83. The van der Waals surface area contributed by atoms with E-state index in [-0.39, 0.29) is 11.5 Å². The van der Waals surface area contributed by atoms with E-state index in [0.717, 1.165) is 11.3 Å². The van der Waals surface area contributed by atoms with E-state index in [1.54, 1.807) is 0 Å². The number of alkyl halides is 3. The van der Waals surface area contributed by atoms with Crippen molar-refractivity contribution >= 4 is 12.0 Å². The lowest BCUT2D eigenvalue weighted by molar-refractivity contribution is -0.187. The van der Waals surface area contributed by atoms with E-state index >= 15 is 0 Å². The average molecular weight is 294 g/mol. The van der Waals surface area contributed by atoms with E-state index < -0.39 is 43.1 Å². The molecule has 2 rings (SSSR count). The highest BCUT2D eigenvalue weighted by Gasteiger charge is 2.54. The fourth-order valence-electron chi connectivity index (χ4n) is 2.51. The summed E-state index contributed by atoms with van der Waals surface area (Å²) in [4.78, 5) is 23.7. The van der Waals surface area contributed by atoms with E-state index in [4.69, 9.17) is 5.11 Å². The van der Waals surface area contributed by atoms with Crippen molar-refractivity contribution in [2.45, 2.75) is 32.5 Å². The van der Waals surface area contributed by atoms with Gasteiger partial charge in [-0.2, -0.15) is 13.2 Å². The molecule has 0 radical (unpaired) electrons. The number of amides is 2. The number of nitrogens with zero attached hydrogens (tertiary/aromatic N) is 1. The molecule has 0 bridgehead atoms. The van der Waals surface area contributed by atoms with Crippen LogP contribution in [0.25, 0.3) is 0 Å². The summed E-state index contributed by atoms with van der Waals surface area (Å²) in [5.41, 5.74) is -0.0367. The molecule has 0 aromatic rings. The van der Waals surface area contributed by atoms with Gasteiger partial charge in [0.1, 0.15) is 0 Å². The number of urea groups is 1. The third-order valence-electron chi connectivity index (χ3n) is 4.16. The van der Waals surface area contributed by atoms with Crippen molar-refractivity contribution in [1.82, 2.24) is 10.2 Å². The molecule has 2 aliphatic rings. The number of halogens is 3. The Morgan fingerprint density at radius 3 is 2.20 bits per heavy atom. The Bertz CT molecular complexity index is 436. The maximum absolute atomic E-state index is 12.8. The lowest BCUT2D eigenvalue weighted by Gasteiger charge is -2.19. The van der Waals surface area contributed by atoms with Crippen LogP contribution in [-0.4, -0.2) is 47.3 Å². The molecule has 2 N–H and O–H groups in total. The highest BCUT2D eigenvalue weighted by molar-refractivity contribution is 5.78. The Kier molecular flexibility index (Phi) is 3.38. The first-order valence-corrected chi connectivity index (χ1v) is 6.37. The van der Waals surface area contributed by atoms with Crippen LogP contribution in [0.2, 0.25) is 0 Å². The number of carbonyl (C=O) groups excluding carboxylic acids is 1. The topological polar surface area (TPSA) is 69.6 Å². The van der Waals surface area contributed by atoms with Crippen molar-refractivity contribution in [2.24, 2.45) is 17.3 Å². The zero-order valence-corrected chi connectivity index (χ0v) is 11.2. The zero-order chi connectivity index (χ0) is 15.3. The average Bonchev–Trinajstić information content (AvgIpc) is 2.76. The first kappa shape index (κ1) is 14.9. The summed E-state index contributed by atoms with van der Waals surface area (Å²) in [6, 6.07) is -0.665. The number of carboxylic acids is 1. The summed E-state index contributed by atoms with van der Waals surface area (Å²) < 4.78 is 38.4. The van der Waals surface area contributed by atoms with Gasteiger partial charge in [-0.1, -0.05) is 13.8 Å². The molecule has 20 heavy (non-hydrogen) atoms. The maximum atomic E-state index is 12.8. The second-order valence-corrected chi connectivity index (χ2v) is 6.19. The van der Waals surface area contributed by atoms with Crippen LogP contribution < -0.4 is 5.32 Å². The molecule has 0 spiro atoms. The Morgan fingerprint density at radius 1 is 1.30 bits per heavy atom. The number of nitrogens with one attached hydrogen (secondary N) is 1. The van der Waals surface area contributed by atoms with Crippen LogP contribution in [0.15, 0.2) is 0 Å². The van der Waals surface area contributed by atoms with Crippen LogP contribution >= 0.6 is 0 Å². The maximum Gasteiger partial charge on any atom is 0.394 e. The molecule has 8 heteroatoms. The van der Waals surface area contributed by atoms with Gasteiger partial charge in [0, 0.05) is 19.1 Å². The first-order chi connectivity index (χ1) is 9.02. The first-order valence-electron chi connectivity index (χ1n) is 6.37. The Hall–Kier alpha value is -1.47. The van der Waals surface area contributed by atoms with Crippen molar-refractivity contribution in [1.29, 1.82) is 0 Å². The van der Waals surface area contributed by atoms with Crippen molar-refractivity contribution in [3.05, 3.63) is 0 Å². The van der Waals surface area contributed by atoms with Gasteiger partial charge < -0.3 is 15.3 Å². The smallest absolute Gasteiger partial charge is 0.394 e. The van der Waals surface area contributed by atoms with Crippen molar-refractivity contribution in [2.75, 3.05) is 13.1 Å². The Labute approximate surface area is 114 Å². The lowest BCUT2D eigenvalue weighted by Crippen LogP contribution is -2.41. The lowest BCUT2D eigenvalue weighted by atomic mass is 9.96. The van der Waals surface area contributed by atoms with Crippen molar-refractivity contribution < 1.29 is 27.9 Å². The van der Waals surface area contributed by atoms with E-state index in [0.29, 0.717) is 0 Å². The minimum atomic E-state index is -4.61. The number of hydrogen-bond donors (Lipinski definition) is 2. The highest BCUT2D eigenvalue weighted by atomic mass is 19.4. The number of carbonyl (C=O) groups is 2. The summed E-state index contributed by atoms with van der Waals surface area (Å²) in [7, 11) is 0. The molecular weight excluding hydrogens is 277 g/mol. The molecule has 1 saturated carbocycles. The van der Waals surface area contributed by atoms with Gasteiger partial charge in [0.25, 0.3) is 0 Å². The molecule has 3 atom stereocenters. The molecule has 2 fully saturated rings. The van der Waals surface area contributed by atoms with Crippen molar-refractivity contribution in [3.63, 3.8) is 0 Å². The standard InChI is InChI=1S/C12H17F3N2O3/c1-11(2)3-8(11)16-10(20)17-4-6(9(18)19)7(5-17)12(13,14)15/h6-8H,3-5H2,1-2H3,(H,16,20)(H,18,19)/t6-,7-,8?/m1/s1. The van der Waals surface area contributed by atoms with Crippen molar-refractivity contribution in [3.8, 4) is 0 Å². The quantitative estimate of drug-likeness (QED) is 0.814.